The minimum atomic E-state index is 0.384. The van der Waals surface area contributed by atoms with Crippen LogP contribution in [-0.2, 0) is 23.7 Å². The van der Waals surface area contributed by atoms with Crippen LogP contribution in [0.2, 0.25) is 0 Å². The van der Waals surface area contributed by atoms with E-state index in [4.69, 9.17) is 14.2 Å². The van der Waals surface area contributed by atoms with Gasteiger partial charge in [0, 0.05) is 55.9 Å². The Balaban J connectivity index is -0.0000000598. The van der Waals surface area contributed by atoms with Crippen molar-refractivity contribution >= 4 is 0 Å². The number of methoxy groups -OCH3 is 5. The molecule has 0 saturated carbocycles. The Morgan fingerprint density at radius 1 is 0.696 bits per heavy atom. The summed E-state index contributed by atoms with van der Waals surface area (Å²) in [5, 5.41) is 0. The van der Waals surface area contributed by atoms with Crippen LogP contribution in [0.1, 0.15) is 54.4 Å². The SMILES string of the molecule is CCC(C)OC.CCCOC.CCOC.COC.COC(C)C. The molecule has 0 saturated heterocycles. The molecular weight excluding hydrogens is 296 g/mol. The van der Waals surface area contributed by atoms with E-state index in [0.717, 1.165) is 26.1 Å². The van der Waals surface area contributed by atoms with Crippen LogP contribution in [0.5, 0.6) is 0 Å². The summed E-state index contributed by atoms with van der Waals surface area (Å²) < 4.78 is 23.1. The molecule has 0 spiro atoms. The van der Waals surface area contributed by atoms with Gasteiger partial charge in [0.2, 0.25) is 0 Å². The first-order valence-corrected chi connectivity index (χ1v) is 8.26. The lowest BCUT2D eigenvalue weighted by Gasteiger charge is -2.01. The summed E-state index contributed by atoms with van der Waals surface area (Å²) >= 11 is 0. The van der Waals surface area contributed by atoms with Gasteiger partial charge in [-0.2, -0.15) is 0 Å². The summed E-state index contributed by atoms with van der Waals surface area (Å²) in [7, 11) is 10.1. The fraction of sp³-hybridized carbons (Fsp3) is 1.00. The minimum absolute atomic E-state index is 0.384. The van der Waals surface area contributed by atoms with E-state index >= 15 is 0 Å². The third-order valence-electron chi connectivity index (χ3n) is 2.15. The quantitative estimate of drug-likeness (QED) is 0.714. The fourth-order valence-corrected chi connectivity index (χ4v) is 0.371. The van der Waals surface area contributed by atoms with E-state index < -0.39 is 0 Å². The van der Waals surface area contributed by atoms with Crippen molar-refractivity contribution < 1.29 is 23.7 Å². The molecule has 23 heavy (non-hydrogen) atoms. The van der Waals surface area contributed by atoms with E-state index in [1.807, 2.05) is 20.8 Å². The van der Waals surface area contributed by atoms with Crippen LogP contribution in [0, 0.1) is 0 Å². The van der Waals surface area contributed by atoms with Crippen LogP contribution in [0.15, 0.2) is 0 Å². The zero-order valence-electron chi connectivity index (χ0n) is 18.0. The largest absolute Gasteiger partial charge is 0.388 e. The maximum atomic E-state index is 4.90. The van der Waals surface area contributed by atoms with Gasteiger partial charge in [-0.05, 0) is 40.5 Å². The number of hydrogen-bond donors (Lipinski definition) is 0. The zero-order valence-corrected chi connectivity index (χ0v) is 18.0. The van der Waals surface area contributed by atoms with E-state index in [0.29, 0.717) is 12.2 Å². The van der Waals surface area contributed by atoms with Gasteiger partial charge in [0.05, 0.1) is 12.2 Å². The summed E-state index contributed by atoms with van der Waals surface area (Å²) in [6, 6.07) is 0. The molecule has 0 fully saturated rings. The Morgan fingerprint density at radius 2 is 1.04 bits per heavy atom. The average Bonchev–Trinajstić information content (AvgIpc) is 2.56. The Hall–Kier alpha value is -0.200. The summed E-state index contributed by atoms with van der Waals surface area (Å²) in [5.41, 5.74) is 0. The Kier molecular flexibility index (Phi) is 64.0. The molecule has 0 aromatic carbocycles. The minimum Gasteiger partial charge on any atom is -0.388 e. The smallest absolute Gasteiger partial charge is 0.0540 e. The molecule has 0 aliphatic rings. The first-order chi connectivity index (χ1) is 10.8. The second-order valence-corrected chi connectivity index (χ2v) is 4.72. The summed E-state index contributed by atoms with van der Waals surface area (Å²) in [5.74, 6) is 0. The summed E-state index contributed by atoms with van der Waals surface area (Å²) in [6.07, 6.45) is 3.05. The normalized spacial score (nSPS) is 9.78. The van der Waals surface area contributed by atoms with E-state index in [1.165, 1.54) is 0 Å². The van der Waals surface area contributed by atoms with Gasteiger partial charge in [0.15, 0.2) is 0 Å². The van der Waals surface area contributed by atoms with Gasteiger partial charge in [-0.15, -0.1) is 0 Å². The lowest BCUT2D eigenvalue weighted by atomic mass is 10.3. The summed E-state index contributed by atoms with van der Waals surface area (Å²) in [6.45, 7) is 13.9. The van der Waals surface area contributed by atoms with E-state index in [9.17, 15) is 0 Å². The molecular formula is C18H46O5. The third kappa shape index (κ3) is 110. The van der Waals surface area contributed by atoms with Crippen molar-refractivity contribution in [2.24, 2.45) is 0 Å². The molecule has 0 rings (SSSR count). The average molecular weight is 343 g/mol. The zero-order chi connectivity index (χ0) is 19.5. The highest BCUT2D eigenvalue weighted by Crippen LogP contribution is 1.89. The highest BCUT2D eigenvalue weighted by Gasteiger charge is 1.88. The van der Waals surface area contributed by atoms with Crippen LogP contribution in [0.25, 0.3) is 0 Å². The third-order valence-corrected chi connectivity index (χ3v) is 2.15. The van der Waals surface area contributed by atoms with Gasteiger partial charge >= 0.3 is 0 Å². The van der Waals surface area contributed by atoms with Crippen LogP contribution in [0.4, 0.5) is 0 Å². The lowest BCUT2D eigenvalue weighted by molar-refractivity contribution is 0.115. The first-order valence-electron chi connectivity index (χ1n) is 8.26. The molecule has 0 N–H and O–H groups in total. The predicted molar refractivity (Wildman–Crippen MR) is 102 cm³/mol. The van der Waals surface area contributed by atoms with Gasteiger partial charge < -0.3 is 23.7 Å². The van der Waals surface area contributed by atoms with Crippen molar-refractivity contribution in [1.29, 1.82) is 0 Å². The van der Waals surface area contributed by atoms with E-state index in [2.05, 4.69) is 30.2 Å². The lowest BCUT2D eigenvalue weighted by Crippen LogP contribution is -2.00. The first kappa shape index (κ1) is 34.2. The van der Waals surface area contributed by atoms with Gasteiger partial charge in [0.25, 0.3) is 0 Å². The molecule has 0 aromatic rings. The summed E-state index contributed by atoms with van der Waals surface area (Å²) in [4.78, 5) is 0. The molecule has 1 atom stereocenters. The van der Waals surface area contributed by atoms with Crippen LogP contribution in [0.3, 0.4) is 0 Å². The van der Waals surface area contributed by atoms with Gasteiger partial charge in [0.1, 0.15) is 0 Å². The molecule has 148 valence electrons. The van der Waals surface area contributed by atoms with E-state index in [-0.39, 0.29) is 0 Å². The van der Waals surface area contributed by atoms with Crippen LogP contribution >= 0.6 is 0 Å². The van der Waals surface area contributed by atoms with Crippen LogP contribution < -0.4 is 0 Å². The maximum Gasteiger partial charge on any atom is 0.0540 e. The molecule has 0 aliphatic carbocycles. The predicted octanol–water partition coefficient (Wildman–Crippen LogP) is 4.43. The molecule has 0 heterocycles. The Bertz CT molecular complexity index is 125. The highest BCUT2D eigenvalue weighted by atomic mass is 16.5. The molecule has 0 amide bonds. The van der Waals surface area contributed by atoms with Crippen molar-refractivity contribution in [3.8, 4) is 0 Å². The molecule has 5 nitrogen and oxygen atoms in total. The second-order valence-electron chi connectivity index (χ2n) is 4.72. The standard InChI is InChI=1S/C5H12O.2C4H10O.C3H8O.C2H6O/c1-4-5(2)6-3;1-4(2)5-3;1-3-4-5-2;1-3-4-2;1-3-2/h5H,4H2,1-3H3;4H,1-3H3;3-4H2,1-2H3;3H2,1-2H3;1-2H3. The number of rotatable bonds is 6. The van der Waals surface area contributed by atoms with Crippen molar-refractivity contribution in [1.82, 2.24) is 0 Å². The Labute approximate surface area is 147 Å². The molecule has 0 aromatic heterocycles. The van der Waals surface area contributed by atoms with Gasteiger partial charge in [-0.3, -0.25) is 0 Å². The molecule has 0 bridgehead atoms. The maximum absolute atomic E-state index is 4.90. The van der Waals surface area contributed by atoms with Crippen molar-refractivity contribution in [2.45, 2.75) is 66.6 Å². The number of ether oxygens (including phenoxy) is 5. The van der Waals surface area contributed by atoms with Gasteiger partial charge in [-0.1, -0.05) is 13.8 Å². The van der Waals surface area contributed by atoms with Crippen LogP contribution in [-0.4, -0.2) is 68.1 Å². The molecule has 0 aliphatic heterocycles. The fourth-order valence-electron chi connectivity index (χ4n) is 0.371. The van der Waals surface area contributed by atoms with Crippen molar-refractivity contribution in [2.75, 3.05) is 55.9 Å². The van der Waals surface area contributed by atoms with E-state index in [1.54, 1.807) is 42.7 Å². The molecule has 0 radical (unpaired) electrons. The molecule has 5 heteroatoms. The molecule has 1 unspecified atom stereocenters. The monoisotopic (exact) mass is 342 g/mol. The van der Waals surface area contributed by atoms with Crippen molar-refractivity contribution in [3.05, 3.63) is 0 Å². The highest BCUT2D eigenvalue weighted by molar-refractivity contribution is 4.38. The van der Waals surface area contributed by atoms with Gasteiger partial charge in [-0.25, -0.2) is 0 Å². The Morgan fingerprint density at radius 3 is 1.04 bits per heavy atom. The second kappa shape index (κ2) is 43.1. The van der Waals surface area contributed by atoms with Crippen molar-refractivity contribution in [3.63, 3.8) is 0 Å². The topological polar surface area (TPSA) is 46.2 Å². The number of hydrogen-bond acceptors (Lipinski definition) is 5.